The van der Waals surface area contributed by atoms with Crippen molar-refractivity contribution in [3.05, 3.63) is 23.2 Å². The number of methoxy groups -OCH3 is 2. The number of hydrogen-bond donors (Lipinski definition) is 1. The molecule has 0 aliphatic rings. The Morgan fingerprint density at radius 2 is 2.11 bits per heavy atom. The van der Waals surface area contributed by atoms with Crippen LogP contribution in [0.15, 0.2) is 18.2 Å². The van der Waals surface area contributed by atoms with Crippen molar-refractivity contribution in [1.82, 2.24) is 0 Å². The van der Waals surface area contributed by atoms with Crippen molar-refractivity contribution >= 4 is 23.2 Å². The third kappa shape index (κ3) is 3.15. The smallest absolute Gasteiger partial charge is 0.256 e. The molecule has 0 unspecified atom stereocenters. The lowest BCUT2D eigenvalue weighted by Crippen LogP contribution is -2.41. The summed E-state index contributed by atoms with van der Waals surface area (Å²) in [5.74, 6) is 0.369. The number of amides is 1. The number of ether oxygens (including phenoxy) is 2. The molecule has 1 aromatic rings. The minimum Gasteiger partial charge on any atom is -0.495 e. The lowest BCUT2D eigenvalue weighted by molar-refractivity contribution is -0.136. The fourth-order valence-corrected chi connectivity index (χ4v) is 1.66. The van der Waals surface area contributed by atoms with Crippen LogP contribution >= 0.6 is 11.6 Å². The van der Waals surface area contributed by atoms with Crippen LogP contribution < -0.4 is 10.1 Å². The van der Waals surface area contributed by atoms with Crippen molar-refractivity contribution in [1.29, 1.82) is 0 Å². The van der Waals surface area contributed by atoms with E-state index < -0.39 is 5.60 Å². The Hall–Kier alpha value is -1.26. The SMILES string of the molecule is CC[C@](C)(OC)C(=O)Nc1ccc(OC)c(Cl)c1. The predicted molar refractivity (Wildman–Crippen MR) is 72.3 cm³/mol. The lowest BCUT2D eigenvalue weighted by Gasteiger charge is -2.25. The van der Waals surface area contributed by atoms with Crippen LogP contribution in [-0.2, 0) is 9.53 Å². The van der Waals surface area contributed by atoms with Crippen molar-refractivity contribution in [2.24, 2.45) is 0 Å². The number of rotatable bonds is 5. The zero-order valence-corrected chi connectivity index (χ0v) is 11.8. The maximum atomic E-state index is 12.1. The third-order valence-corrected chi connectivity index (χ3v) is 3.31. The van der Waals surface area contributed by atoms with Gasteiger partial charge in [-0.25, -0.2) is 0 Å². The molecule has 0 radical (unpaired) electrons. The molecule has 0 fully saturated rings. The van der Waals surface area contributed by atoms with Gasteiger partial charge in [0.1, 0.15) is 11.4 Å². The van der Waals surface area contributed by atoms with Crippen molar-refractivity contribution in [2.45, 2.75) is 25.9 Å². The van der Waals surface area contributed by atoms with Gasteiger partial charge in [0.2, 0.25) is 0 Å². The van der Waals surface area contributed by atoms with E-state index in [2.05, 4.69) is 5.32 Å². The van der Waals surface area contributed by atoms with Gasteiger partial charge in [0.15, 0.2) is 0 Å². The Labute approximate surface area is 112 Å². The first-order valence-electron chi connectivity index (χ1n) is 5.67. The van der Waals surface area contributed by atoms with Gasteiger partial charge in [-0.2, -0.15) is 0 Å². The van der Waals surface area contributed by atoms with Crippen LogP contribution in [-0.4, -0.2) is 25.7 Å². The zero-order valence-electron chi connectivity index (χ0n) is 11.0. The minimum atomic E-state index is -0.841. The number of carbonyl (C=O) groups is 1. The van der Waals surface area contributed by atoms with Gasteiger partial charge in [0.25, 0.3) is 5.91 Å². The van der Waals surface area contributed by atoms with Crippen LogP contribution in [0.25, 0.3) is 0 Å². The first-order valence-corrected chi connectivity index (χ1v) is 6.04. The van der Waals surface area contributed by atoms with Gasteiger partial charge in [-0.1, -0.05) is 18.5 Å². The van der Waals surface area contributed by atoms with Gasteiger partial charge in [-0.3, -0.25) is 4.79 Å². The highest BCUT2D eigenvalue weighted by atomic mass is 35.5. The average Bonchev–Trinajstić information content (AvgIpc) is 2.38. The normalized spacial score (nSPS) is 13.8. The summed E-state index contributed by atoms with van der Waals surface area (Å²) >= 11 is 5.99. The maximum absolute atomic E-state index is 12.1. The Morgan fingerprint density at radius 3 is 2.56 bits per heavy atom. The molecule has 1 rings (SSSR count). The minimum absolute atomic E-state index is 0.200. The molecule has 1 aromatic carbocycles. The fraction of sp³-hybridized carbons (Fsp3) is 0.462. The van der Waals surface area contributed by atoms with Crippen molar-refractivity contribution in [2.75, 3.05) is 19.5 Å². The largest absolute Gasteiger partial charge is 0.495 e. The topological polar surface area (TPSA) is 47.6 Å². The summed E-state index contributed by atoms with van der Waals surface area (Å²) in [5, 5.41) is 3.22. The summed E-state index contributed by atoms with van der Waals surface area (Å²) in [4.78, 5) is 12.1. The molecule has 1 N–H and O–H groups in total. The summed E-state index contributed by atoms with van der Waals surface area (Å²) < 4.78 is 10.3. The van der Waals surface area contributed by atoms with Crippen molar-refractivity contribution in [3.63, 3.8) is 0 Å². The molecule has 0 aromatic heterocycles. The van der Waals surface area contributed by atoms with Gasteiger partial charge in [-0.15, -0.1) is 0 Å². The van der Waals surface area contributed by atoms with Gasteiger partial charge < -0.3 is 14.8 Å². The van der Waals surface area contributed by atoms with E-state index in [1.54, 1.807) is 32.2 Å². The lowest BCUT2D eigenvalue weighted by atomic mass is 10.0. The van der Waals surface area contributed by atoms with Crippen LogP contribution in [0.1, 0.15) is 20.3 Å². The number of benzene rings is 1. The van der Waals surface area contributed by atoms with E-state index in [4.69, 9.17) is 21.1 Å². The second-order valence-corrected chi connectivity index (χ2v) is 4.50. The first-order chi connectivity index (χ1) is 8.46. The molecule has 0 heterocycles. The zero-order chi connectivity index (χ0) is 13.8. The summed E-state index contributed by atoms with van der Waals surface area (Å²) in [6.45, 7) is 3.64. The molecule has 0 aliphatic heterocycles. The first kappa shape index (κ1) is 14.8. The number of nitrogens with one attached hydrogen (secondary N) is 1. The van der Waals surface area contributed by atoms with E-state index in [0.29, 0.717) is 22.9 Å². The van der Waals surface area contributed by atoms with E-state index in [0.717, 1.165) is 0 Å². The highest BCUT2D eigenvalue weighted by Crippen LogP contribution is 2.28. The van der Waals surface area contributed by atoms with E-state index in [-0.39, 0.29) is 5.91 Å². The Bertz CT molecular complexity index is 430. The fourth-order valence-electron chi connectivity index (χ4n) is 1.41. The van der Waals surface area contributed by atoms with Gasteiger partial charge in [-0.05, 0) is 31.5 Å². The van der Waals surface area contributed by atoms with Crippen LogP contribution in [0.4, 0.5) is 5.69 Å². The van der Waals surface area contributed by atoms with Gasteiger partial charge in [0, 0.05) is 12.8 Å². The van der Waals surface area contributed by atoms with Crippen molar-refractivity contribution in [3.8, 4) is 5.75 Å². The highest BCUT2D eigenvalue weighted by molar-refractivity contribution is 6.32. The van der Waals surface area contributed by atoms with Crippen molar-refractivity contribution < 1.29 is 14.3 Å². The van der Waals surface area contributed by atoms with Gasteiger partial charge >= 0.3 is 0 Å². The molecular weight excluding hydrogens is 254 g/mol. The molecule has 18 heavy (non-hydrogen) atoms. The molecule has 0 aliphatic carbocycles. The van der Waals surface area contributed by atoms with Crippen LogP contribution in [0.2, 0.25) is 5.02 Å². The molecule has 5 heteroatoms. The summed E-state index contributed by atoms with van der Waals surface area (Å²) in [7, 11) is 3.06. The number of anilines is 1. The molecule has 1 amide bonds. The van der Waals surface area contributed by atoms with E-state index >= 15 is 0 Å². The van der Waals surface area contributed by atoms with Crippen LogP contribution in [0, 0.1) is 0 Å². The predicted octanol–water partition coefficient (Wildman–Crippen LogP) is 3.10. The molecule has 4 nitrogen and oxygen atoms in total. The molecule has 0 bridgehead atoms. The Balaban J connectivity index is 2.85. The van der Waals surface area contributed by atoms with Crippen LogP contribution in [0.3, 0.4) is 0 Å². The number of halogens is 1. The summed E-state index contributed by atoms with van der Waals surface area (Å²) in [6, 6.07) is 5.08. The molecule has 0 saturated heterocycles. The van der Waals surface area contributed by atoms with Gasteiger partial charge in [0.05, 0.1) is 12.1 Å². The molecule has 0 spiro atoms. The Morgan fingerprint density at radius 1 is 1.44 bits per heavy atom. The second kappa shape index (κ2) is 6.07. The Kier molecular flexibility index (Phi) is 4.99. The monoisotopic (exact) mass is 271 g/mol. The number of hydrogen-bond acceptors (Lipinski definition) is 3. The molecule has 100 valence electrons. The number of carbonyl (C=O) groups excluding carboxylic acids is 1. The summed E-state index contributed by atoms with van der Waals surface area (Å²) in [5.41, 5.74) is -0.227. The quantitative estimate of drug-likeness (QED) is 0.895. The standard InChI is InChI=1S/C13H18ClNO3/c1-5-13(2,18-4)12(16)15-9-6-7-11(17-3)10(14)8-9/h6-8H,5H2,1-4H3,(H,15,16)/t13-/m0/s1. The second-order valence-electron chi connectivity index (χ2n) is 4.09. The van der Waals surface area contributed by atoms with Crippen LogP contribution in [0.5, 0.6) is 5.75 Å². The highest BCUT2D eigenvalue weighted by Gasteiger charge is 2.30. The average molecular weight is 272 g/mol. The third-order valence-electron chi connectivity index (χ3n) is 3.02. The molecule has 1 atom stereocenters. The summed E-state index contributed by atoms with van der Waals surface area (Å²) in [6.07, 6.45) is 0.583. The van der Waals surface area contributed by atoms with E-state index in [1.165, 1.54) is 7.11 Å². The molecular formula is C13H18ClNO3. The molecule has 0 saturated carbocycles. The van der Waals surface area contributed by atoms with E-state index in [1.807, 2.05) is 6.92 Å². The maximum Gasteiger partial charge on any atom is 0.256 e. The van der Waals surface area contributed by atoms with E-state index in [9.17, 15) is 4.79 Å².